The van der Waals surface area contributed by atoms with Gasteiger partial charge in [0.1, 0.15) is 18.1 Å². The minimum atomic E-state index is -4.44. The third-order valence-electron chi connectivity index (χ3n) is 5.76. The molecular weight excluding hydrogens is 501 g/mol. The molecule has 4 rings (SSSR count). The summed E-state index contributed by atoms with van der Waals surface area (Å²) in [5, 5.41) is 20.3. The fraction of sp³-hybridized carbons (Fsp3) is 0.185. The van der Waals surface area contributed by atoms with E-state index in [0.717, 1.165) is 12.1 Å². The molecule has 1 unspecified atom stereocenters. The Morgan fingerprint density at radius 2 is 1.66 bits per heavy atom. The zero-order valence-corrected chi connectivity index (χ0v) is 20.1. The smallest absolute Gasteiger partial charge is 0.416 e. The van der Waals surface area contributed by atoms with E-state index in [-0.39, 0.29) is 30.2 Å². The molecule has 3 aromatic carbocycles. The lowest BCUT2D eigenvalue weighted by Gasteiger charge is -2.16. The molecule has 1 aromatic heterocycles. The minimum absolute atomic E-state index is 0.0233. The molecule has 0 saturated carbocycles. The summed E-state index contributed by atoms with van der Waals surface area (Å²) in [7, 11) is 0. The number of rotatable bonds is 9. The number of ether oxygens (including phenoxy) is 1. The Balaban J connectivity index is 1.52. The number of carbonyl (C=O) groups excluding carboxylic acids is 1. The molecule has 0 saturated heterocycles. The van der Waals surface area contributed by atoms with E-state index in [1.54, 1.807) is 43.3 Å². The molecule has 0 aliphatic heterocycles. The van der Waals surface area contributed by atoms with Crippen LogP contribution < -0.4 is 10.1 Å². The van der Waals surface area contributed by atoms with Crippen molar-refractivity contribution in [3.05, 3.63) is 101 Å². The Labute approximate surface area is 215 Å². The Hall–Kier alpha value is -4.67. The van der Waals surface area contributed by atoms with Crippen LogP contribution in [0.2, 0.25) is 0 Å². The predicted octanol–water partition coefficient (Wildman–Crippen LogP) is 5.23. The van der Waals surface area contributed by atoms with E-state index < -0.39 is 29.7 Å². The SMILES string of the molecule is CC(NC(=O)c1c(-c2ccccc2)nnn1CCOc1ccc(C(F)(F)F)cc1)c1ccc(C(=O)O)cc1. The first-order valence-corrected chi connectivity index (χ1v) is 11.6. The molecule has 38 heavy (non-hydrogen) atoms. The number of aromatic carboxylic acids is 1. The van der Waals surface area contributed by atoms with Gasteiger partial charge in [0, 0.05) is 5.56 Å². The second kappa shape index (κ2) is 11.2. The zero-order valence-electron chi connectivity index (χ0n) is 20.1. The Kier molecular flexibility index (Phi) is 7.75. The van der Waals surface area contributed by atoms with Crippen LogP contribution in [-0.4, -0.2) is 38.6 Å². The van der Waals surface area contributed by atoms with Crippen LogP contribution in [0, 0.1) is 0 Å². The van der Waals surface area contributed by atoms with Crippen molar-refractivity contribution in [1.82, 2.24) is 20.3 Å². The van der Waals surface area contributed by atoms with Crippen LogP contribution in [0.4, 0.5) is 13.2 Å². The van der Waals surface area contributed by atoms with E-state index >= 15 is 0 Å². The number of carboxylic acids is 1. The fourth-order valence-corrected chi connectivity index (χ4v) is 3.74. The number of carbonyl (C=O) groups is 2. The maximum atomic E-state index is 13.4. The largest absolute Gasteiger partial charge is 0.492 e. The lowest BCUT2D eigenvalue weighted by Crippen LogP contribution is -2.30. The summed E-state index contributed by atoms with van der Waals surface area (Å²) in [4.78, 5) is 24.5. The van der Waals surface area contributed by atoms with E-state index in [9.17, 15) is 22.8 Å². The Morgan fingerprint density at radius 3 is 2.26 bits per heavy atom. The van der Waals surface area contributed by atoms with Crippen molar-refractivity contribution >= 4 is 11.9 Å². The minimum Gasteiger partial charge on any atom is -0.492 e. The normalized spacial score (nSPS) is 12.1. The van der Waals surface area contributed by atoms with E-state index in [2.05, 4.69) is 15.6 Å². The highest BCUT2D eigenvalue weighted by Gasteiger charge is 2.30. The summed E-state index contributed by atoms with van der Waals surface area (Å²) >= 11 is 0. The van der Waals surface area contributed by atoms with Gasteiger partial charge in [-0.1, -0.05) is 47.7 Å². The number of alkyl halides is 3. The Morgan fingerprint density at radius 1 is 1.00 bits per heavy atom. The van der Waals surface area contributed by atoms with Crippen molar-refractivity contribution in [1.29, 1.82) is 0 Å². The molecule has 8 nitrogen and oxygen atoms in total. The van der Waals surface area contributed by atoms with Crippen LogP contribution in [0.15, 0.2) is 78.9 Å². The van der Waals surface area contributed by atoms with Crippen LogP contribution in [-0.2, 0) is 12.7 Å². The molecule has 0 radical (unpaired) electrons. The number of halogens is 3. The highest BCUT2D eigenvalue weighted by molar-refractivity contribution is 5.98. The second-order valence-electron chi connectivity index (χ2n) is 8.37. The molecule has 1 atom stereocenters. The van der Waals surface area contributed by atoms with Crippen molar-refractivity contribution in [2.75, 3.05) is 6.61 Å². The number of benzene rings is 3. The maximum Gasteiger partial charge on any atom is 0.416 e. The molecule has 1 heterocycles. The molecule has 0 fully saturated rings. The van der Waals surface area contributed by atoms with Gasteiger partial charge in [0.25, 0.3) is 5.91 Å². The van der Waals surface area contributed by atoms with Crippen LogP contribution in [0.5, 0.6) is 5.75 Å². The van der Waals surface area contributed by atoms with E-state index in [1.165, 1.54) is 28.9 Å². The first-order chi connectivity index (χ1) is 18.1. The molecule has 196 valence electrons. The highest BCUT2D eigenvalue weighted by atomic mass is 19.4. The first-order valence-electron chi connectivity index (χ1n) is 11.6. The third kappa shape index (κ3) is 6.17. The summed E-state index contributed by atoms with van der Waals surface area (Å²) in [6.07, 6.45) is -4.44. The van der Waals surface area contributed by atoms with Gasteiger partial charge in [0.15, 0.2) is 5.69 Å². The molecule has 0 spiro atoms. The lowest BCUT2D eigenvalue weighted by molar-refractivity contribution is -0.137. The number of nitrogens with zero attached hydrogens (tertiary/aromatic N) is 3. The van der Waals surface area contributed by atoms with Gasteiger partial charge in [-0.05, 0) is 48.9 Å². The highest BCUT2D eigenvalue weighted by Crippen LogP contribution is 2.30. The van der Waals surface area contributed by atoms with Gasteiger partial charge in [-0.15, -0.1) is 5.10 Å². The molecule has 2 N–H and O–H groups in total. The zero-order chi connectivity index (χ0) is 27.3. The van der Waals surface area contributed by atoms with Crippen LogP contribution >= 0.6 is 0 Å². The topological polar surface area (TPSA) is 106 Å². The van der Waals surface area contributed by atoms with Gasteiger partial charge in [-0.25, -0.2) is 9.48 Å². The van der Waals surface area contributed by atoms with Crippen molar-refractivity contribution in [2.45, 2.75) is 25.7 Å². The number of carboxylic acid groups (broad SMARTS) is 1. The van der Waals surface area contributed by atoms with Crippen molar-refractivity contribution in [2.24, 2.45) is 0 Å². The fourth-order valence-electron chi connectivity index (χ4n) is 3.74. The van der Waals surface area contributed by atoms with Gasteiger partial charge in [0.2, 0.25) is 0 Å². The lowest BCUT2D eigenvalue weighted by atomic mass is 10.1. The van der Waals surface area contributed by atoms with Gasteiger partial charge < -0.3 is 15.2 Å². The molecular formula is C27H23F3N4O4. The van der Waals surface area contributed by atoms with E-state index in [4.69, 9.17) is 9.84 Å². The predicted molar refractivity (Wildman–Crippen MR) is 132 cm³/mol. The van der Waals surface area contributed by atoms with Crippen LogP contribution in [0.3, 0.4) is 0 Å². The van der Waals surface area contributed by atoms with Crippen LogP contribution in [0.25, 0.3) is 11.3 Å². The molecule has 0 bridgehead atoms. The number of hydrogen-bond donors (Lipinski definition) is 2. The number of nitrogens with one attached hydrogen (secondary N) is 1. The van der Waals surface area contributed by atoms with E-state index in [0.29, 0.717) is 16.8 Å². The molecule has 4 aromatic rings. The van der Waals surface area contributed by atoms with Gasteiger partial charge in [0.05, 0.1) is 23.7 Å². The Bertz CT molecular complexity index is 1400. The molecule has 0 aliphatic carbocycles. The molecule has 1 amide bonds. The summed E-state index contributed by atoms with van der Waals surface area (Å²) < 4.78 is 45.3. The summed E-state index contributed by atoms with van der Waals surface area (Å²) in [6, 6.07) is 19.0. The average molecular weight is 524 g/mol. The van der Waals surface area contributed by atoms with Crippen molar-refractivity contribution < 1.29 is 32.6 Å². The maximum absolute atomic E-state index is 13.4. The summed E-state index contributed by atoms with van der Waals surface area (Å²) in [5.74, 6) is -1.27. The number of amides is 1. The second-order valence-corrected chi connectivity index (χ2v) is 8.37. The number of hydrogen-bond acceptors (Lipinski definition) is 5. The van der Waals surface area contributed by atoms with Gasteiger partial charge in [-0.3, -0.25) is 4.79 Å². The number of aromatic nitrogens is 3. The van der Waals surface area contributed by atoms with Crippen molar-refractivity contribution in [3.8, 4) is 17.0 Å². The molecule has 11 heteroatoms. The standard InChI is InChI=1S/C27H23F3N4O4/c1-17(18-7-9-20(10-8-18)26(36)37)31-25(35)24-23(19-5-3-2-4-6-19)32-33-34(24)15-16-38-22-13-11-21(12-14-22)27(28,29)30/h2-14,17H,15-16H2,1H3,(H,31,35)(H,36,37). The van der Waals surface area contributed by atoms with Crippen LogP contribution in [0.1, 0.15) is 44.9 Å². The summed E-state index contributed by atoms with van der Waals surface area (Å²) in [6.45, 7) is 1.89. The van der Waals surface area contributed by atoms with Crippen molar-refractivity contribution in [3.63, 3.8) is 0 Å². The summed E-state index contributed by atoms with van der Waals surface area (Å²) in [5.41, 5.74) is 1.26. The van der Waals surface area contributed by atoms with Gasteiger partial charge >= 0.3 is 12.1 Å². The van der Waals surface area contributed by atoms with E-state index in [1.807, 2.05) is 6.07 Å². The monoisotopic (exact) mass is 524 g/mol. The average Bonchev–Trinajstić information content (AvgIpc) is 3.33. The molecule has 0 aliphatic rings. The first kappa shape index (κ1) is 26.4. The van der Waals surface area contributed by atoms with Gasteiger partial charge in [-0.2, -0.15) is 13.2 Å². The quantitative estimate of drug-likeness (QED) is 0.311. The third-order valence-corrected chi connectivity index (χ3v) is 5.76.